The van der Waals surface area contributed by atoms with Gasteiger partial charge in [-0.05, 0) is 90.7 Å². The topological polar surface area (TPSA) is 123 Å². The zero-order valence-corrected chi connectivity index (χ0v) is 30.3. The third-order valence-corrected chi connectivity index (χ3v) is 11.0. The monoisotopic (exact) mass is 690 g/mol. The second-order valence-electron chi connectivity index (χ2n) is 14.6. The number of ether oxygens (including phenoxy) is 1. The minimum absolute atomic E-state index is 0.0275. The summed E-state index contributed by atoms with van der Waals surface area (Å²) in [6, 6.07) is 16.6. The van der Waals surface area contributed by atoms with Crippen LogP contribution in [0.25, 0.3) is 33.6 Å². The van der Waals surface area contributed by atoms with Crippen molar-refractivity contribution in [3.63, 3.8) is 0 Å². The first-order valence-corrected chi connectivity index (χ1v) is 18.7. The molecule has 3 amide bonds. The molecule has 0 bridgehead atoms. The van der Waals surface area contributed by atoms with E-state index in [9.17, 15) is 14.4 Å². The van der Waals surface area contributed by atoms with Crippen molar-refractivity contribution in [3.8, 4) is 33.6 Å². The number of rotatable bonds is 10. The molecule has 3 atom stereocenters. The van der Waals surface area contributed by atoms with E-state index in [4.69, 9.17) is 4.74 Å². The Labute approximate surface area is 300 Å². The number of carbonyl (C=O) groups excluding carboxylic acids is 3. The lowest BCUT2D eigenvalue weighted by atomic mass is 9.99. The summed E-state index contributed by atoms with van der Waals surface area (Å²) >= 11 is 0. The fraction of sp³-hybridized carbons (Fsp3) is 0.463. The van der Waals surface area contributed by atoms with Crippen molar-refractivity contribution in [2.24, 2.45) is 5.92 Å². The highest BCUT2D eigenvalue weighted by Crippen LogP contribution is 2.42. The highest BCUT2D eigenvalue weighted by molar-refractivity contribution is 5.86. The van der Waals surface area contributed by atoms with Crippen molar-refractivity contribution < 1.29 is 19.1 Å². The number of hydrogen-bond acceptors (Lipinski definition) is 5. The minimum Gasteiger partial charge on any atom is -0.453 e. The van der Waals surface area contributed by atoms with Crippen molar-refractivity contribution in [1.82, 2.24) is 30.1 Å². The number of carbonyl (C=O) groups is 3. The maximum atomic E-state index is 13.8. The van der Waals surface area contributed by atoms with Gasteiger partial charge in [0.25, 0.3) is 0 Å². The fourth-order valence-electron chi connectivity index (χ4n) is 8.37. The largest absolute Gasteiger partial charge is 0.453 e. The van der Waals surface area contributed by atoms with E-state index >= 15 is 0 Å². The quantitative estimate of drug-likeness (QED) is 0.157. The molecule has 1 aliphatic carbocycles. The molecule has 51 heavy (non-hydrogen) atoms. The molecule has 3 aliphatic rings. The van der Waals surface area contributed by atoms with Gasteiger partial charge in [0.15, 0.2) is 0 Å². The van der Waals surface area contributed by atoms with Crippen LogP contribution in [0.1, 0.15) is 100 Å². The first-order valence-electron chi connectivity index (χ1n) is 18.7. The van der Waals surface area contributed by atoms with Gasteiger partial charge in [-0.1, -0.05) is 69.3 Å². The summed E-state index contributed by atoms with van der Waals surface area (Å²) in [6.45, 7) is 7.42. The summed E-state index contributed by atoms with van der Waals surface area (Å²) < 4.78 is 4.82. The van der Waals surface area contributed by atoms with Crippen LogP contribution >= 0.6 is 0 Å². The van der Waals surface area contributed by atoms with Crippen molar-refractivity contribution in [3.05, 3.63) is 77.4 Å². The molecular formula is C41H50N6O4. The molecule has 2 aromatic heterocycles. The normalized spacial score (nSPS) is 19.1. The molecule has 2 aliphatic heterocycles. The molecule has 10 nitrogen and oxygen atoms in total. The number of likely N-dealkylation sites (tertiary alicyclic amines) is 2. The van der Waals surface area contributed by atoms with Crippen molar-refractivity contribution in [1.29, 1.82) is 0 Å². The number of nitrogens with one attached hydrogen (secondary N) is 3. The third kappa shape index (κ3) is 6.80. The highest BCUT2D eigenvalue weighted by atomic mass is 16.5. The van der Waals surface area contributed by atoms with Crippen LogP contribution in [0.5, 0.6) is 0 Å². The number of methoxy groups -OCH3 is 1. The third-order valence-electron chi connectivity index (χ3n) is 11.0. The lowest BCUT2D eigenvalue weighted by molar-refractivity contribution is -0.135. The van der Waals surface area contributed by atoms with E-state index < -0.39 is 12.1 Å². The van der Waals surface area contributed by atoms with Crippen molar-refractivity contribution >= 4 is 17.9 Å². The summed E-state index contributed by atoms with van der Waals surface area (Å²) in [5.41, 5.74) is 10.5. The van der Waals surface area contributed by atoms with Gasteiger partial charge in [-0.2, -0.15) is 0 Å². The average molecular weight is 691 g/mol. The first-order chi connectivity index (χ1) is 24.8. The van der Waals surface area contributed by atoms with Gasteiger partial charge in [0, 0.05) is 30.9 Å². The van der Waals surface area contributed by atoms with Crippen LogP contribution < -0.4 is 5.32 Å². The smallest absolute Gasteiger partial charge is 0.407 e. The Hall–Kier alpha value is -4.86. The standard InChI is InChI=1S/C41H50N6O4/c1-5-9-35(48)46-22-8-13-34(46)39-42-24-32(43-39)28-18-14-26(15-19-28)27-16-20-29(21-17-27)37-30-10-6-11-31(30)38(44-37)33-12-7-23-47(33)40(49)36(25(2)3)45-41(50)51-4/h14-21,24-25,33-34,36,44H,5-13,22-23H2,1-4H3,(H,42,43)(H,45,50)/t33-,34-,36-/m0/s1. The predicted molar refractivity (Wildman–Crippen MR) is 198 cm³/mol. The Balaban J connectivity index is 1.07. The second kappa shape index (κ2) is 14.8. The van der Waals surface area contributed by atoms with Gasteiger partial charge in [-0.3, -0.25) is 9.59 Å². The number of amides is 3. The van der Waals surface area contributed by atoms with E-state index in [1.54, 1.807) is 0 Å². The Morgan fingerprint density at radius 3 is 2.14 bits per heavy atom. The number of benzene rings is 2. The van der Waals surface area contributed by atoms with Crippen LogP contribution in [0.3, 0.4) is 0 Å². The molecule has 2 aromatic carbocycles. The van der Waals surface area contributed by atoms with Gasteiger partial charge in [-0.25, -0.2) is 9.78 Å². The number of aromatic nitrogens is 3. The Morgan fingerprint density at radius 1 is 0.843 bits per heavy atom. The van der Waals surface area contributed by atoms with Crippen LogP contribution in [-0.2, 0) is 27.2 Å². The number of aromatic amines is 2. The van der Waals surface area contributed by atoms with E-state index in [1.807, 2.05) is 36.8 Å². The van der Waals surface area contributed by atoms with Crippen LogP contribution in [0.15, 0.2) is 54.7 Å². The van der Waals surface area contributed by atoms with Crippen molar-refractivity contribution in [2.75, 3.05) is 20.2 Å². The molecule has 0 spiro atoms. The molecule has 10 heteroatoms. The van der Waals surface area contributed by atoms with Crippen LogP contribution in [-0.4, -0.2) is 68.9 Å². The zero-order valence-electron chi connectivity index (χ0n) is 30.3. The molecule has 3 N–H and O–H groups in total. The van der Waals surface area contributed by atoms with Crippen LogP contribution in [0.2, 0.25) is 0 Å². The number of fused-ring (bicyclic) bond motifs is 1. The molecule has 0 radical (unpaired) electrons. The maximum Gasteiger partial charge on any atom is 0.407 e. The zero-order chi connectivity index (χ0) is 35.6. The van der Waals surface area contributed by atoms with Crippen LogP contribution in [0.4, 0.5) is 4.79 Å². The maximum absolute atomic E-state index is 13.8. The first kappa shape index (κ1) is 34.6. The number of hydrogen-bond donors (Lipinski definition) is 3. The lowest BCUT2D eigenvalue weighted by Gasteiger charge is -2.31. The van der Waals surface area contributed by atoms with E-state index in [1.165, 1.54) is 18.2 Å². The molecule has 4 aromatic rings. The highest BCUT2D eigenvalue weighted by Gasteiger charge is 2.39. The summed E-state index contributed by atoms with van der Waals surface area (Å²) in [4.78, 5) is 54.5. The molecule has 268 valence electrons. The van der Waals surface area contributed by atoms with Crippen LogP contribution in [0, 0.1) is 5.92 Å². The van der Waals surface area contributed by atoms with Gasteiger partial charge in [0.05, 0.1) is 31.1 Å². The summed E-state index contributed by atoms with van der Waals surface area (Å²) in [5, 5.41) is 2.77. The predicted octanol–water partition coefficient (Wildman–Crippen LogP) is 7.74. The van der Waals surface area contributed by atoms with Crippen molar-refractivity contribution in [2.45, 2.75) is 96.7 Å². The molecular weight excluding hydrogens is 640 g/mol. The Kier molecular flexibility index (Phi) is 10.0. The molecule has 0 saturated carbocycles. The molecule has 4 heterocycles. The number of nitrogens with zero attached hydrogens (tertiary/aromatic N) is 3. The Bertz CT molecular complexity index is 1870. The van der Waals surface area contributed by atoms with Gasteiger partial charge < -0.3 is 29.8 Å². The average Bonchev–Trinajstić information content (AvgIpc) is 3.98. The second-order valence-corrected chi connectivity index (χ2v) is 14.6. The summed E-state index contributed by atoms with van der Waals surface area (Å²) in [5.74, 6) is 0.969. The number of H-pyrrole nitrogens is 2. The van der Waals surface area contributed by atoms with Gasteiger partial charge in [-0.15, -0.1) is 0 Å². The fourth-order valence-corrected chi connectivity index (χ4v) is 8.37. The lowest BCUT2D eigenvalue weighted by Crippen LogP contribution is -2.51. The van der Waals surface area contributed by atoms with E-state index in [0.717, 1.165) is 103 Å². The molecule has 7 rings (SSSR count). The summed E-state index contributed by atoms with van der Waals surface area (Å²) in [6.07, 6.45) is 9.65. The van der Waals surface area contributed by atoms with E-state index in [0.29, 0.717) is 13.0 Å². The van der Waals surface area contributed by atoms with E-state index in [2.05, 4.69) is 68.8 Å². The molecule has 0 unspecified atom stereocenters. The summed E-state index contributed by atoms with van der Waals surface area (Å²) in [7, 11) is 1.32. The van der Waals surface area contributed by atoms with E-state index in [-0.39, 0.29) is 29.8 Å². The number of imidazole rings is 1. The molecule has 2 fully saturated rings. The van der Waals surface area contributed by atoms with Gasteiger partial charge in [0.2, 0.25) is 11.8 Å². The van der Waals surface area contributed by atoms with Gasteiger partial charge in [0.1, 0.15) is 11.9 Å². The van der Waals surface area contributed by atoms with Gasteiger partial charge >= 0.3 is 6.09 Å². The molecule has 2 saturated heterocycles. The Morgan fingerprint density at radius 2 is 1.47 bits per heavy atom. The SMILES string of the molecule is CCCC(=O)N1CCC[C@H]1c1ncc(-c2ccc(-c3ccc(-c4[nH]c([C@@H]5CCCN5C(=O)[C@@H](NC(=O)OC)C(C)C)c5c4CCC5)cc3)cc2)[nH]1. The number of alkyl carbamates (subject to hydrolysis) is 1. The minimum atomic E-state index is -0.635.